The van der Waals surface area contributed by atoms with Gasteiger partial charge in [0.25, 0.3) is 0 Å². The van der Waals surface area contributed by atoms with Crippen molar-refractivity contribution in [2.24, 2.45) is 0 Å². The van der Waals surface area contributed by atoms with Crippen molar-refractivity contribution in [3.63, 3.8) is 0 Å². The molecule has 0 unspecified atom stereocenters. The first kappa shape index (κ1) is 30.9. The number of benzene rings is 2. The van der Waals surface area contributed by atoms with Gasteiger partial charge in [0.15, 0.2) is 0 Å². The van der Waals surface area contributed by atoms with Crippen LogP contribution in [0.2, 0.25) is 0 Å². The van der Waals surface area contributed by atoms with Gasteiger partial charge >= 0.3 is 6.09 Å². The van der Waals surface area contributed by atoms with Crippen LogP contribution in [0.4, 0.5) is 16.4 Å². The number of hydrogen-bond acceptors (Lipinski definition) is 11. The van der Waals surface area contributed by atoms with E-state index in [1.54, 1.807) is 17.5 Å². The summed E-state index contributed by atoms with van der Waals surface area (Å²) in [6, 6.07) is 10.1. The molecule has 2 aromatic carbocycles. The molecule has 0 aliphatic carbocycles. The van der Waals surface area contributed by atoms with E-state index in [1.165, 1.54) is 0 Å². The number of hydrogen-bond donors (Lipinski definition) is 3. The monoisotopic (exact) mass is 592 g/mol. The molecule has 224 valence electrons. The number of alkyl carbamates (subject to hydrolysis) is 1. The molecule has 4 aromatic rings. The first-order valence-corrected chi connectivity index (χ1v) is 14.7. The molecule has 0 spiro atoms. The average Bonchev–Trinajstić information content (AvgIpc) is 3.31. The molecule has 42 heavy (non-hydrogen) atoms. The molecule has 0 saturated heterocycles. The fourth-order valence-corrected chi connectivity index (χ4v) is 5.19. The number of rotatable bonds is 12. The molecule has 4 rings (SSSR count). The lowest BCUT2D eigenvalue weighted by atomic mass is 9.99. The van der Waals surface area contributed by atoms with E-state index < -0.39 is 11.7 Å². The molecule has 3 N–H and O–H groups in total. The summed E-state index contributed by atoms with van der Waals surface area (Å²) in [4.78, 5) is 23.4. The van der Waals surface area contributed by atoms with Crippen molar-refractivity contribution in [1.29, 1.82) is 0 Å². The highest BCUT2D eigenvalue weighted by atomic mass is 32.1. The third kappa shape index (κ3) is 8.98. The van der Waals surface area contributed by atoms with E-state index in [0.29, 0.717) is 31.4 Å². The lowest BCUT2D eigenvalue weighted by Crippen LogP contribution is -2.34. The van der Waals surface area contributed by atoms with Crippen molar-refractivity contribution in [2.75, 3.05) is 51.0 Å². The number of aryl methyl sites for hydroxylation is 2. The van der Waals surface area contributed by atoms with E-state index in [1.807, 2.05) is 39.0 Å². The van der Waals surface area contributed by atoms with Crippen LogP contribution in [0.15, 0.2) is 36.5 Å². The summed E-state index contributed by atoms with van der Waals surface area (Å²) in [5.41, 5.74) is 5.48. The van der Waals surface area contributed by atoms with Crippen molar-refractivity contribution < 1.29 is 14.3 Å². The SMILES string of the molecule is Cc1cc(NCCN(C)C)cc(C)c1-c1cnnc(NCc2nc3cc(OCCNC(=O)OC(C)(C)C)ccc3s2)n1. The van der Waals surface area contributed by atoms with E-state index in [0.717, 1.165) is 56.4 Å². The van der Waals surface area contributed by atoms with E-state index >= 15 is 0 Å². The molecule has 12 heteroatoms. The van der Waals surface area contributed by atoms with Crippen molar-refractivity contribution in [2.45, 2.75) is 46.8 Å². The zero-order valence-corrected chi connectivity index (χ0v) is 26.2. The molecule has 0 atom stereocenters. The maximum atomic E-state index is 11.8. The van der Waals surface area contributed by atoms with Crippen LogP contribution in [0.3, 0.4) is 0 Å². The first-order chi connectivity index (χ1) is 20.0. The van der Waals surface area contributed by atoms with Gasteiger partial charge in [-0.15, -0.1) is 16.4 Å². The molecule has 2 heterocycles. The summed E-state index contributed by atoms with van der Waals surface area (Å²) in [7, 11) is 4.13. The van der Waals surface area contributed by atoms with Crippen LogP contribution in [0.1, 0.15) is 36.9 Å². The summed E-state index contributed by atoms with van der Waals surface area (Å²) in [5, 5.41) is 18.7. The molecule has 0 bridgehead atoms. The van der Waals surface area contributed by atoms with Crippen molar-refractivity contribution >= 4 is 39.3 Å². The Balaban J connectivity index is 1.34. The fraction of sp³-hybridized carbons (Fsp3) is 0.433. The number of anilines is 2. The summed E-state index contributed by atoms with van der Waals surface area (Å²) in [6.45, 7) is 12.6. The molecule has 0 radical (unpaired) electrons. The second-order valence-corrected chi connectivity index (χ2v) is 12.4. The maximum Gasteiger partial charge on any atom is 0.407 e. The second-order valence-electron chi connectivity index (χ2n) is 11.2. The number of likely N-dealkylation sites (N-methyl/N-ethyl adjacent to an activating group) is 1. The van der Waals surface area contributed by atoms with Gasteiger partial charge in [0, 0.05) is 30.4 Å². The second kappa shape index (κ2) is 13.8. The molecule has 0 aliphatic heterocycles. The molecule has 0 saturated carbocycles. The van der Waals surface area contributed by atoms with Gasteiger partial charge in [-0.3, -0.25) is 0 Å². The summed E-state index contributed by atoms with van der Waals surface area (Å²) in [5.74, 6) is 1.13. The maximum absolute atomic E-state index is 11.8. The van der Waals surface area contributed by atoms with Gasteiger partial charge in [-0.25, -0.2) is 14.8 Å². The zero-order valence-electron chi connectivity index (χ0n) is 25.4. The molecule has 1 amide bonds. The van der Waals surface area contributed by atoms with Gasteiger partial charge in [-0.05, 0) is 84.1 Å². The van der Waals surface area contributed by atoms with Crippen LogP contribution < -0.4 is 20.7 Å². The minimum Gasteiger partial charge on any atom is -0.492 e. The van der Waals surface area contributed by atoms with Gasteiger partial charge in [0.05, 0.1) is 35.2 Å². The minimum atomic E-state index is -0.535. The largest absolute Gasteiger partial charge is 0.492 e. The van der Waals surface area contributed by atoms with E-state index in [2.05, 4.69) is 71.1 Å². The van der Waals surface area contributed by atoms with Crippen molar-refractivity contribution in [3.05, 3.63) is 52.7 Å². The lowest BCUT2D eigenvalue weighted by Gasteiger charge is -2.19. The van der Waals surface area contributed by atoms with Crippen LogP contribution in [0.5, 0.6) is 5.75 Å². The molecular formula is C30H40N8O3S. The van der Waals surface area contributed by atoms with E-state index in [9.17, 15) is 4.79 Å². The molecule has 0 aliphatic rings. The Labute approximate surface area is 251 Å². The van der Waals surface area contributed by atoms with Gasteiger partial charge in [-0.1, -0.05) is 0 Å². The highest BCUT2D eigenvalue weighted by Gasteiger charge is 2.16. The molecule has 11 nitrogen and oxygen atoms in total. The lowest BCUT2D eigenvalue weighted by molar-refractivity contribution is 0.0520. The number of ether oxygens (including phenoxy) is 2. The molecular weight excluding hydrogens is 552 g/mol. The fourth-order valence-electron chi connectivity index (χ4n) is 4.30. The number of carbonyl (C=O) groups excluding carboxylic acids is 1. The Morgan fingerprint density at radius 3 is 2.50 bits per heavy atom. The van der Waals surface area contributed by atoms with E-state index in [-0.39, 0.29) is 0 Å². The van der Waals surface area contributed by atoms with Gasteiger partial charge in [0.1, 0.15) is 23.0 Å². The molecule has 0 fully saturated rings. The average molecular weight is 593 g/mol. The third-order valence-electron chi connectivity index (χ3n) is 6.08. The third-order valence-corrected chi connectivity index (χ3v) is 7.11. The smallest absolute Gasteiger partial charge is 0.407 e. The number of carbonyl (C=O) groups is 1. The Morgan fingerprint density at radius 2 is 1.79 bits per heavy atom. The predicted molar refractivity (Wildman–Crippen MR) is 168 cm³/mol. The number of fused-ring (bicyclic) bond motifs is 1. The Bertz CT molecular complexity index is 1490. The van der Waals surface area contributed by atoms with Gasteiger partial charge < -0.3 is 30.3 Å². The number of nitrogens with one attached hydrogen (secondary N) is 3. The number of aromatic nitrogens is 4. The number of nitrogens with zero attached hydrogens (tertiary/aromatic N) is 5. The minimum absolute atomic E-state index is 0.318. The topological polar surface area (TPSA) is 126 Å². The summed E-state index contributed by atoms with van der Waals surface area (Å²) >= 11 is 1.59. The summed E-state index contributed by atoms with van der Waals surface area (Å²) < 4.78 is 12.1. The van der Waals surface area contributed by atoms with Crippen LogP contribution in [0.25, 0.3) is 21.5 Å². The highest BCUT2D eigenvalue weighted by Crippen LogP contribution is 2.29. The zero-order chi connectivity index (χ0) is 30.3. The highest BCUT2D eigenvalue weighted by molar-refractivity contribution is 7.18. The first-order valence-electron chi connectivity index (χ1n) is 13.9. The Hall–Kier alpha value is -4.03. The van der Waals surface area contributed by atoms with Crippen LogP contribution in [-0.2, 0) is 11.3 Å². The number of thiazole rings is 1. The Morgan fingerprint density at radius 1 is 1.02 bits per heavy atom. The van der Waals surface area contributed by atoms with Crippen LogP contribution in [0, 0.1) is 13.8 Å². The van der Waals surface area contributed by atoms with Crippen LogP contribution in [-0.4, -0.2) is 77.1 Å². The predicted octanol–water partition coefficient (Wildman–Crippen LogP) is 5.25. The van der Waals surface area contributed by atoms with Gasteiger partial charge in [-0.2, -0.15) is 5.10 Å². The normalized spacial score (nSPS) is 11.5. The van der Waals surface area contributed by atoms with E-state index in [4.69, 9.17) is 19.4 Å². The van der Waals surface area contributed by atoms with Gasteiger partial charge in [0.2, 0.25) is 5.95 Å². The Kier molecular flexibility index (Phi) is 10.1. The van der Waals surface area contributed by atoms with Crippen LogP contribution >= 0.6 is 11.3 Å². The quantitative estimate of drug-likeness (QED) is 0.188. The number of amides is 1. The van der Waals surface area contributed by atoms with Crippen molar-refractivity contribution in [3.8, 4) is 17.0 Å². The standard InChI is InChI=1S/C30H40N8O3S/c1-19-14-21(31-10-12-38(6)7)15-20(2)27(19)24-17-34-37-28(36-24)33-18-26-35-23-16-22(8-9-25(23)42-26)40-13-11-32-29(39)41-30(3,4)5/h8-9,14-17,31H,10-13,18H2,1-7H3,(H,32,39)(H,33,36,37). The van der Waals surface area contributed by atoms with Crippen molar-refractivity contribution in [1.82, 2.24) is 30.4 Å². The molecule has 2 aromatic heterocycles. The summed E-state index contributed by atoms with van der Waals surface area (Å²) in [6.07, 6.45) is 1.23.